The third kappa shape index (κ3) is 1.17. The normalized spacial score (nSPS) is 10.0. The van der Waals surface area contributed by atoms with Crippen molar-refractivity contribution < 1.29 is 4.39 Å². The molecule has 1 heterocycles. The first-order valence-corrected chi connectivity index (χ1v) is 4.03. The summed E-state index contributed by atoms with van der Waals surface area (Å²) in [7, 11) is 0. The van der Waals surface area contributed by atoms with E-state index in [1.165, 1.54) is 6.07 Å². The third-order valence-electron chi connectivity index (χ3n) is 1.97. The van der Waals surface area contributed by atoms with Crippen molar-refractivity contribution in [1.29, 1.82) is 0 Å². The number of fused-ring (bicyclic) bond motifs is 1. The van der Waals surface area contributed by atoms with Gasteiger partial charge in [0.15, 0.2) is 0 Å². The lowest BCUT2D eigenvalue weighted by atomic mass is 10.1. The standard InChI is InChI=1S/C11H7FN2/c1-2-7-6-10(13)14-11-8(7)4-3-5-9(11)12/h1,3-6H,(H2,13,14). The molecule has 0 saturated carbocycles. The number of anilines is 1. The summed E-state index contributed by atoms with van der Waals surface area (Å²) in [6, 6.07) is 6.20. The maximum Gasteiger partial charge on any atom is 0.149 e. The van der Waals surface area contributed by atoms with Gasteiger partial charge >= 0.3 is 0 Å². The molecule has 1 aromatic heterocycles. The summed E-state index contributed by atoms with van der Waals surface area (Å²) in [5, 5.41) is 0.613. The summed E-state index contributed by atoms with van der Waals surface area (Å²) >= 11 is 0. The molecule has 1 aromatic carbocycles. The number of para-hydroxylation sites is 1. The Kier molecular flexibility index (Phi) is 1.83. The highest BCUT2D eigenvalue weighted by Crippen LogP contribution is 2.20. The van der Waals surface area contributed by atoms with Crippen LogP contribution in [0.5, 0.6) is 0 Å². The van der Waals surface area contributed by atoms with Crippen molar-refractivity contribution >= 4 is 16.7 Å². The maximum atomic E-state index is 13.3. The van der Waals surface area contributed by atoms with E-state index in [2.05, 4.69) is 10.9 Å². The number of pyridine rings is 1. The molecule has 2 rings (SSSR count). The summed E-state index contributed by atoms with van der Waals surface area (Å²) in [6.07, 6.45) is 5.28. The Morgan fingerprint density at radius 3 is 2.93 bits per heavy atom. The smallest absolute Gasteiger partial charge is 0.149 e. The topological polar surface area (TPSA) is 38.9 Å². The largest absolute Gasteiger partial charge is 0.384 e. The molecule has 2 N–H and O–H groups in total. The van der Waals surface area contributed by atoms with Gasteiger partial charge in [0, 0.05) is 10.9 Å². The lowest BCUT2D eigenvalue weighted by Crippen LogP contribution is -1.94. The Hall–Kier alpha value is -2.08. The molecule has 0 fully saturated rings. The number of nitrogens with zero attached hydrogens (tertiary/aromatic N) is 1. The average Bonchev–Trinajstić information content (AvgIpc) is 2.18. The fourth-order valence-electron chi connectivity index (χ4n) is 1.35. The number of halogens is 1. The summed E-state index contributed by atoms with van der Waals surface area (Å²) in [4.78, 5) is 3.89. The predicted octanol–water partition coefficient (Wildman–Crippen LogP) is 1.94. The molecule has 0 atom stereocenters. The average molecular weight is 186 g/mol. The predicted molar refractivity (Wildman–Crippen MR) is 54.0 cm³/mol. The molecule has 0 amide bonds. The fourth-order valence-corrected chi connectivity index (χ4v) is 1.35. The van der Waals surface area contributed by atoms with Crippen molar-refractivity contribution in [1.82, 2.24) is 4.98 Å². The van der Waals surface area contributed by atoms with Crippen molar-refractivity contribution in [2.45, 2.75) is 0 Å². The molecule has 68 valence electrons. The van der Waals surface area contributed by atoms with Gasteiger partial charge in [-0.1, -0.05) is 18.1 Å². The molecule has 0 saturated heterocycles. The molecule has 14 heavy (non-hydrogen) atoms. The second kappa shape index (κ2) is 3.00. The minimum Gasteiger partial charge on any atom is -0.384 e. The molecule has 0 unspecified atom stereocenters. The number of rotatable bonds is 0. The Morgan fingerprint density at radius 2 is 2.21 bits per heavy atom. The van der Waals surface area contributed by atoms with Crippen LogP contribution >= 0.6 is 0 Å². The minimum atomic E-state index is -0.411. The van der Waals surface area contributed by atoms with Crippen molar-refractivity contribution in [2.75, 3.05) is 5.73 Å². The highest BCUT2D eigenvalue weighted by atomic mass is 19.1. The number of nitrogen functional groups attached to an aromatic ring is 1. The van der Waals surface area contributed by atoms with Gasteiger partial charge in [0.05, 0.1) is 0 Å². The zero-order chi connectivity index (χ0) is 10.1. The van der Waals surface area contributed by atoms with E-state index in [0.717, 1.165) is 0 Å². The van der Waals surface area contributed by atoms with Crippen LogP contribution in [-0.2, 0) is 0 Å². The summed E-state index contributed by atoms with van der Waals surface area (Å²) < 4.78 is 13.3. The van der Waals surface area contributed by atoms with Crippen LogP contribution in [-0.4, -0.2) is 4.98 Å². The molecule has 0 spiro atoms. The second-order valence-corrected chi connectivity index (χ2v) is 2.88. The van der Waals surface area contributed by atoms with E-state index in [1.807, 2.05) is 0 Å². The van der Waals surface area contributed by atoms with Crippen molar-refractivity contribution in [3.8, 4) is 12.3 Å². The van der Waals surface area contributed by atoms with E-state index in [0.29, 0.717) is 10.9 Å². The van der Waals surface area contributed by atoms with Crippen LogP contribution in [0.3, 0.4) is 0 Å². The maximum absolute atomic E-state index is 13.3. The monoisotopic (exact) mass is 186 g/mol. The molecular formula is C11H7FN2. The summed E-state index contributed by atoms with van der Waals surface area (Å²) in [5.41, 5.74) is 6.28. The van der Waals surface area contributed by atoms with Gasteiger partial charge < -0.3 is 5.73 Å². The van der Waals surface area contributed by atoms with E-state index in [9.17, 15) is 4.39 Å². The van der Waals surface area contributed by atoms with Crippen LogP contribution in [0.2, 0.25) is 0 Å². The number of terminal acetylenes is 1. The molecule has 2 nitrogen and oxygen atoms in total. The lowest BCUT2D eigenvalue weighted by molar-refractivity contribution is 0.637. The first-order valence-electron chi connectivity index (χ1n) is 4.03. The molecule has 3 heteroatoms. The van der Waals surface area contributed by atoms with E-state index >= 15 is 0 Å². The van der Waals surface area contributed by atoms with Crippen LogP contribution in [0.15, 0.2) is 24.3 Å². The van der Waals surface area contributed by atoms with Gasteiger partial charge in [0.1, 0.15) is 17.2 Å². The molecule has 0 aliphatic rings. The van der Waals surface area contributed by atoms with Crippen LogP contribution in [0.1, 0.15) is 5.56 Å². The Labute approximate surface area is 80.6 Å². The number of hydrogen-bond donors (Lipinski definition) is 1. The quantitative estimate of drug-likeness (QED) is 0.638. The van der Waals surface area contributed by atoms with Crippen molar-refractivity contribution in [2.24, 2.45) is 0 Å². The molecule has 2 aromatic rings. The van der Waals surface area contributed by atoms with Gasteiger partial charge in [-0.05, 0) is 12.1 Å². The summed E-state index contributed by atoms with van der Waals surface area (Å²) in [6.45, 7) is 0. The SMILES string of the molecule is C#Cc1cc(N)nc2c(F)cccc12. The number of nitrogens with two attached hydrogens (primary N) is 1. The minimum absolute atomic E-state index is 0.223. The van der Waals surface area contributed by atoms with E-state index in [1.54, 1.807) is 18.2 Å². The van der Waals surface area contributed by atoms with E-state index < -0.39 is 5.82 Å². The van der Waals surface area contributed by atoms with Gasteiger partial charge in [-0.15, -0.1) is 6.42 Å². The van der Waals surface area contributed by atoms with Crippen molar-refractivity contribution in [3.63, 3.8) is 0 Å². The van der Waals surface area contributed by atoms with E-state index in [4.69, 9.17) is 12.2 Å². The van der Waals surface area contributed by atoms with Gasteiger partial charge in [-0.2, -0.15) is 0 Å². The van der Waals surface area contributed by atoms with Crippen LogP contribution in [0.4, 0.5) is 10.2 Å². The highest BCUT2D eigenvalue weighted by molar-refractivity contribution is 5.86. The van der Waals surface area contributed by atoms with Gasteiger partial charge in [0.2, 0.25) is 0 Å². The third-order valence-corrected chi connectivity index (χ3v) is 1.97. The number of benzene rings is 1. The molecule has 0 radical (unpaired) electrons. The zero-order valence-corrected chi connectivity index (χ0v) is 7.29. The summed E-state index contributed by atoms with van der Waals surface area (Å²) in [5.74, 6) is 2.27. The molecule has 0 aliphatic heterocycles. The fraction of sp³-hybridized carbons (Fsp3) is 0. The molecule has 0 aliphatic carbocycles. The number of aromatic nitrogens is 1. The first kappa shape index (κ1) is 8.52. The Bertz CT molecular complexity index is 541. The van der Waals surface area contributed by atoms with Gasteiger partial charge in [-0.25, -0.2) is 9.37 Å². The van der Waals surface area contributed by atoms with Crippen LogP contribution in [0.25, 0.3) is 10.9 Å². The second-order valence-electron chi connectivity index (χ2n) is 2.88. The first-order chi connectivity index (χ1) is 6.72. The van der Waals surface area contributed by atoms with Crippen LogP contribution in [0, 0.1) is 18.2 Å². The van der Waals surface area contributed by atoms with Gasteiger partial charge in [-0.3, -0.25) is 0 Å². The molecule has 0 bridgehead atoms. The zero-order valence-electron chi connectivity index (χ0n) is 7.29. The molecular weight excluding hydrogens is 179 g/mol. The highest BCUT2D eigenvalue weighted by Gasteiger charge is 2.05. The Balaban J connectivity index is 2.96. The Morgan fingerprint density at radius 1 is 1.43 bits per heavy atom. The van der Waals surface area contributed by atoms with Crippen molar-refractivity contribution in [3.05, 3.63) is 35.6 Å². The lowest BCUT2D eigenvalue weighted by Gasteiger charge is -2.02. The van der Waals surface area contributed by atoms with Crippen LogP contribution < -0.4 is 5.73 Å². The van der Waals surface area contributed by atoms with E-state index in [-0.39, 0.29) is 11.3 Å². The number of hydrogen-bond acceptors (Lipinski definition) is 2. The van der Waals surface area contributed by atoms with Gasteiger partial charge in [0.25, 0.3) is 0 Å².